The number of aliphatic hydroxyl groups excluding tert-OH is 1. The molecule has 1 atom stereocenters. The minimum Gasteiger partial charge on any atom is -0.444 e. The zero-order valence-electron chi connectivity index (χ0n) is 11.6. The summed E-state index contributed by atoms with van der Waals surface area (Å²) in [7, 11) is 0. The number of nitrogens with one attached hydrogen (secondary N) is 1. The van der Waals surface area contributed by atoms with Gasteiger partial charge in [-0.15, -0.1) is 0 Å². The number of carbonyl (C=O) groups is 1. The Morgan fingerprint density at radius 3 is 2.85 bits per heavy atom. The number of likely N-dealkylation sites (tertiary alicyclic amines) is 1. The van der Waals surface area contributed by atoms with Gasteiger partial charge in [-0.2, -0.15) is 0 Å². The van der Waals surface area contributed by atoms with E-state index in [1.807, 2.05) is 0 Å². The lowest BCUT2D eigenvalue weighted by Crippen LogP contribution is -2.43. The Balaban J connectivity index is 1.69. The fourth-order valence-corrected chi connectivity index (χ4v) is 2.65. The quantitative estimate of drug-likeness (QED) is 0.855. The molecule has 1 fully saturated rings. The first-order valence-electron chi connectivity index (χ1n) is 6.98. The number of rotatable bonds is 5. The number of amides is 1. The van der Waals surface area contributed by atoms with Crippen LogP contribution < -0.4 is 5.32 Å². The SMILES string of the molecule is CC1CCN(CC(O)CNC(=O)c2ccc(Br)o2)CC1. The second-order valence-electron chi connectivity index (χ2n) is 5.45. The summed E-state index contributed by atoms with van der Waals surface area (Å²) in [4.78, 5) is 14.0. The maximum Gasteiger partial charge on any atom is 0.287 e. The fourth-order valence-electron chi connectivity index (χ4n) is 2.34. The highest BCUT2D eigenvalue weighted by molar-refractivity contribution is 9.10. The molecular weight excluding hydrogens is 324 g/mol. The van der Waals surface area contributed by atoms with Gasteiger partial charge in [0.2, 0.25) is 0 Å². The van der Waals surface area contributed by atoms with Crippen molar-refractivity contribution in [2.45, 2.75) is 25.9 Å². The van der Waals surface area contributed by atoms with Crippen LogP contribution in [0.1, 0.15) is 30.3 Å². The molecule has 2 N–H and O–H groups in total. The highest BCUT2D eigenvalue weighted by Gasteiger charge is 2.19. The standard InChI is InChI=1S/C14H21BrN2O3/c1-10-4-6-17(7-5-10)9-11(18)8-16-14(19)12-2-3-13(15)20-12/h2-3,10-11,18H,4-9H2,1H3,(H,16,19). The number of halogens is 1. The van der Waals surface area contributed by atoms with Gasteiger partial charge in [-0.05, 0) is 59.9 Å². The normalized spacial score (nSPS) is 18.9. The summed E-state index contributed by atoms with van der Waals surface area (Å²) in [6.07, 6.45) is 1.81. The number of furan rings is 1. The first kappa shape index (κ1) is 15.5. The third-order valence-electron chi connectivity index (χ3n) is 3.64. The average molecular weight is 345 g/mol. The third-order valence-corrected chi connectivity index (χ3v) is 4.07. The van der Waals surface area contributed by atoms with Gasteiger partial charge in [-0.25, -0.2) is 0 Å². The Hall–Kier alpha value is -0.850. The molecule has 2 heterocycles. The van der Waals surface area contributed by atoms with Gasteiger partial charge >= 0.3 is 0 Å². The molecule has 1 saturated heterocycles. The molecule has 1 unspecified atom stereocenters. The number of hydrogen-bond acceptors (Lipinski definition) is 4. The van der Waals surface area contributed by atoms with Crippen LogP contribution in [0.3, 0.4) is 0 Å². The van der Waals surface area contributed by atoms with E-state index in [-0.39, 0.29) is 18.2 Å². The number of carbonyl (C=O) groups excluding carboxylic acids is 1. The van der Waals surface area contributed by atoms with Crippen molar-refractivity contribution in [3.05, 3.63) is 22.6 Å². The number of nitrogens with zero attached hydrogens (tertiary/aromatic N) is 1. The van der Waals surface area contributed by atoms with Crippen LogP contribution in [-0.2, 0) is 0 Å². The first-order chi connectivity index (χ1) is 9.54. The molecule has 1 aromatic rings. The van der Waals surface area contributed by atoms with Gasteiger partial charge in [0.15, 0.2) is 10.4 Å². The van der Waals surface area contributed by atoms with Crippen LogP contribution >= 0.6 is 15.9 Å². The number of β-amino-alcohol motifs (C(OH)–C–C–N with tert-alkyl or cyclic N) is 1. The van der Waals surface area contributed by atoms with Crippen LogP contribution in [0.2, 0.25) is 0 Å². The third kappa shape index (κ3) is 4.61. The molecule has 2 rings (SSSR count). The van der Waals surface area contributed by atoms with Crippen molar-refractivity contribution in [1.82, 2.24) is 10.2 Å². The molecular formula is C14H21BrN2O3. The molecule has 0 radical (unpaired) electrons. The fraction of sp³-hybridized carbons (Fsp3) is 0.643. The topological polar surface area (TPSA) is 65.7 Å². The monoisotopic (exact) mass is 344 g/mol. The average Bonchev–Trinajstić information content (AvgIpc) is 2.85. The Kier molecular flexibility index (Phi) is 5.63. The molecule has 1 aliphatic rings. The predicted octanol–water partition coefficient (Wildman–Crippen LogP) is 1.86. The summed E-state index contributed by atoms with van der Waals surface area (Å²) >= 11 is 3.15. The smallest absolute Gasteiger partial charge is 0.287 e. The molecule has 1 aliphatic heterocycles. The lowest BCUT2D eigenvalue weighted by atomic mass is 9.99. The van der Waals surface area contributed by atoms with Gasteiger partial charge in [-0.3, -0.25) is 4.79 Å². The van der Waals surface area contributed by atoms with E-state index < -0.39 is 6.10 Å². The molecule has 20 heavy (non-hydrogen) atoms. The number of hydrogen-bond donors (Lipinski definition) is 2. The van der Waals surface area contributed by atoms with Gasteiger partial charge in [-0.1, -0.05) is 6.92 Å². The van der Waals surface area contributed by atoms with Crippen LogP contribution in [0.4, 0.5) is 0 Å². The molecule has 0 spiro atoms. The largest absolute Gasteiger partial charge is 0.444 e. The van der Waals surface area contributed by atoms with Crippen LogP contribution in [-0.4, -0.2) is 48.2 Å². The van der Waals surface area contributed by atoms with Crippen molar-refractivity contribution in [2.24, 2.45) is 5.92 Å². The van der Waals surface area contributed by atoms with Crippen molar-refractivity contribution in [1.29, 1.82) is 0 Å². The van der Waals surface area contributed by atoms with Crippen molar-refractivity contribution in [3.8, 4) is 0 Å². The van der Waals surface area contributed by atoms with E-state index in [4.69, 9.17) is 4.42 Å². The zero-order valence-corrected chi connectivity index (χ0v) is 13.2. The number of aliphatic hydroxyl groups is 1. The van der Waals surface area contributed by atoms with E-state index in [0.29, 0.717) is 11.2 Å². The molecule has 0 bridgehead atoms. The summed E-state index contributed by atoms with van der Waals surface area (Å²) < 4.78 is 5.67. The molecule has 0 aromatic carbocycles. The maximum absolute atomic E-state index is 11.7. The molecule has 112 valence electrons. The Morgan fingerprint density at radius 1 is 1.55 bits per heavy atom. The Morgan fingerprint density at radius 2 is 2.25 bits per heavy atom. The van der Waals surface area contributed by atoms with E-state index in [9.17, 15) is 9.90 Å². The molecule has 5 nitrogen and oxygen atoms in total. The predicted molar refractivity (Wildman–Crippen MR) is 79.6 cm³/mol. The molecule has 0 aliphatic carbocycles. The molecule has 1 amide bonds. The molecule has 6 heteroatoms. The number of piperidine rings is 1. The van der Waals surface area contributed by atoms with Gasteiger partial charge < -0.3 is 19.7 Å². The lowest BCUT2D eigenvalue weighted by molar-refractivity contribution is 0.0779. The maximum atomic E-state index is 11.7. The van der Waals surface area contributed by atoms with Crippen molar-refractivity contribution >= 4 is 21.8 Å². The minimum absolute atomic E-state index is 0.239. The van der Waals surface area contributed by atoms with Crippen LogP contribution in [0.5, 0.6) is 0 Å². The van der Waals surface area contributed by atoms with Crippen LogP contribution in [0.25, 0.3) is 0 Å². The van der Waals surface area contributed by atoms with Gasteiger partial charge in [0, 0.05) is 13.1 Å². The minimum atomic E-state index is -0.550. The summed E-state index contributed by atoms with van der Waals surface area (Å²) in [6, 6.07) is 3.26. The van der Waals surface area contributed by atoms with E-state index in [1.54, 1.807) is 12.1 Å². The second-order valence-corrected chi connectivity index (χ2v) is 6.23. The summed E-state index contributed by atoms with van der Waals surface area (Å²) in [6.45, 7) is 5.15. The van der Waals surface area contributed by atoms with Gasteiger partial charge in [0.25, 0.3) is 5.91 Å². The summed E-state index contributed by atoms with van der Waals surface area (Å²) in [5, 5.41) is 12.7. The summed E-state index contributed by atoms with van der Waals surface area (Å²) in [5.41, 5.74) is 0. The van der Waals surface area contributed by atoms with Crippen LogP contribution in [0, 0.1) is 5.92 Å². The van der Waals surface area contributed by atoms with Gasteiger partial charge in [0.05, 0.1) is 6.10 Å². The zero-order chi connectivity index (χ0) is 14.5. The highest BCUT2D eigenvalue weighted by Crippen LogP contribution is 2.16. The van der Waals surface area contributed by atoms with Crippen molar-refractivity contribution < 1.29 is 14.3 Å². The Bertz CT molecular complexity index is 441. The highest BCUT2D eigenvalue weighted by atomic mass is 79.9. The van der Waals surface area contributed by atoms with Crippen LogP contribution in [0.15, 0.2) is 21.2 Å². The van der Waals surface area contributed by atoms with Gasteiger partial charge in [0.1, 0.15) is 0 Å². The molecule has 1 aromatic heterocycles. The first-order valence-corrected chi connectivity index (χ1v) is 7.78. The lowest BCUT2D eigenvalue weighted by Gasteiger charge is -2.31. The van der Waals surface area contributed by atoms with E-state index in [1.165, 1.54) is 12.8 Å². The summed E-state index contributed by atoms with van der Waals surface area (Å²) in [5.74, 6) is 0.721. The second kappa shape index (κ2) is 7.24. The molecule has 0 saturated carbocycles. The van der Waals surface area contributed by atoms with Crippen molar-refractivity contribution in [3.63, 3.8) is 0 Å². The Labute approximate surface area is 127 Å². The van der Waals surface area contributed by atoms with Crippen molar-refractivity contribution in [2.75, 3.05) is 26.2 Å². The van der Waals surface area contributed by atoms with E-state index in [2.05, 4.69) is 33.1 Å². The van der Waals surface area contributed by atoms with E-state index >= 15 is 0 Å². The van der Waals surface area contributed by atoms with E-state index in [0.717, 1.165) is 19.0 Å².